The summed E-state index contributed by atoms with van der Waals surface area (Å²) >= 11 is 0. The van der Waals surface area contributed by atoms with Crippen LogP contribution in [0.2, 0.25) is 0 Å². The first kappa shape index (κ1) is 22.4. The van der Waals surface area contributed by atoms with Crippen molar-refractivity contribution in [2.24, 2.45) is 0 Å². The van der Waals surface area contributed by atoms with Gasteiger partial charge in [0.05, 0.1) is 10.2 Å². The number of hydrogen-bond donors (Lipinski definition) is 0. The second-order valence-corrected chi connectivity index (χ2v) is 0.447. The predicted octanol–water partition coefficient (Wildman–Crippen LogP) is -0.481. The summed E-state index contributed by atoms with van der Waals surface area (Å²) < 4.78 is 0. The standard InChI is InChI=1S/La.2NO3.Y/c;2*2-1(3)4;/q+3;2*-1;+3. The molecule has 0 N–H and O–H groups in total. The Morgan fingerprint density at radius 2 is 0.800 bits per heavy atom. The fourth-order valence-electron chi connectivity index (χ4n) is 0. The van der Waals surface area contributed by atoms with E-state index in [2.05, 4.69) is 0 Å². The van der Waals surface area contributed by atoms with Crippen LogP contribution in [0.15, 0.2) is 0 Å². The van der Waals surface area contributed by atoms with Crippen LogP contribution < -0.4 is 0 Å². The minimum absolute atomic E-state index is 0. The van der Waals surface area contributed by atoms with Crippen molar-refractivity contribution in [2.45, 2.75) is 0 Å². The van der Waals surface area contributed by atoms with Crippen LogP contribution in [-0.2, 0) is 32.7 Å². The summed E-state index contributed by atoms with van der Waals surface area (Å²) in [5.41, 5.74) is 0. The largest absolute Gasteiger partial charge is 3.00 e. The van der Waals surface area contributed by atoms with Gasteiger partial charge < -0.3 is 30.6 Å². The van der Waals surface area contributed by atoms with E-state index in [0.717, 1.165) is 0 Å². The average molecular weight is 352 g/mol. The van der Waals surface area contributed by atoms with Gasteiger partial charge in [0.1, 0.15) is 0 Å². The summed E-state index contributed by atoms with van der Waals surface area (Å²) in [6.07, 6.45) is 0. The van der Waals surface area contributed by atoms with Crippen LogP contribution in [0.1, 0.15) is 0 Å². The quantitative estimate of drug-likeness (QED) is 0.427. The monoisotopic (exact) mass is 352 g/mol. The van der Waals surface area contributed by atoms with Gasteiger partial charge in [0.2, 0.25) is 0 Å². The molecule has 0 saturated carbocycles. The van der Waals surface area contributed by atoms with Gasteiger partial charge in [0.15, 0.2) is 0 Å². The summed E-state index contributed by atoms with van der Waals surface area (Å²) in [5, 5.41) is 29.5. The van der Waals surface area contributed by atoms with E-state index < -0.39 is 10.2 Å². The molecule has 0 radical (unpaired) electrons. The molecule has 0 rings (SSSR count). The normalized spacial score (nSPS) is 4.80. The van der Waals surface area contributed by atoms with Crippen LogP contribution in [0.25, 0.3) is 0 Å². The molecule has 0 aliphatic carbocycles. The fraction of sp³-hybridized carbons (Fsp3) is 0. The molecule has 0 aromatic carbocycles. The van der Waals surface area contributed by atoms with Crippen LogP contribution in [0.5, 0.6) is 0 Å². The Morgan fingerprint density at radius 1 is 0.800 bits per heavy atom. The molecule has 0 atom stereocenters. The van der Waals surface area contributed by atoms with Crippen LogP contribution in [0.4, 0.5) is 0 Å². The summed E-state index contributed by atoms with van der Waals surface area (Å²) in [6.45, 7) is 0. The predicted molar refractivity (Wildman–Crippen MR) is 20.7 cm³/mol. The summed E-state index contributed by atoms with van der Waals surface area (Å²) in [7, 11) is 0. The van der Waals surface area contributed by atoms with Gasteiger partial charge in [-0.1, -0.05) is 0 Å². The third-order valence-corrected chi connectivity index (χ3v) is 0. The second kappa shape index (κ2) is 16.4. The molecule has 10 heteroatoms. The zero-order valence-corrected chi connectivity index (χ0v) is 11.0. The number of nitrogens with zero attached hydrogens (tertiary/aromatic N) is 2. The maximum atomic E-state index is 8.25. The summed E-state index contributed by atoms with van der Waals surface area (Å²) in [4.78, 5) is 16.5. The molecule has 0 aromatic heterocycles. The molecule has 0 fully saturated rings. The van der Waals surface area contributed by atoms with Crippen molar-refractivity contribution < 1.29 is 78.5 Å². The zero-order valence-electron chi connectivity index (χ0n) is 4.50. The summed E-state index contributed by atoms with van der Waals surface area (Å²) in [6, 6.07) is 0. The van der Waals surface area contributed by atoms with Crippen molar-refractivity contribution in [1.82, 2.24) is 0 Å². The molecule has 0 spiro atoms. The van der Waals surface area contributed by atoms with Gasteiger partial charge in [0.25, 0.3) is 0 Å². The molecule has 0 aliphatic rings. The van der Waals surface area contributed by atoms with Gasteiger partial charge >= 0.3 is 68.3 Å². The first-order valence-corrected chi connectivity index (χ1v) is 1.10. The first-order valence-electron chi connectivity index (χ1n) is 1.10. The number of rotatable bonds is 0. The fourth-order valence-corrected chi connectivity index (χ4v) is 0. The van der Waals surface area contributed by atoms with Gasteiger partial charge in [0, 0.05) is 0 Å². The van der Waals surface area contributed by atoms with E-state index in [0.29, 0.717) is 0 Å². The Hall–Kier alpha value is 0.699. The van der Waals surface area contributed by atoms with Crippen molar-refractivity contribution in [2.75, 3.05) is 0 Å². The minimum Gasteiger partial charge on any atom is -0.356 e. The van der Waals surface area contributed by atoms with E-state index in [1.54, 1.807) is 0 Å². The van der Waals surface area contributed by atoms with E-state index in [9.17, 15) is 0 Å². The van der Waals surface area contributed by atoms with Gasteiger partial charge in [-0.15, -0.1) is 0 Å². The van der Waals surface area contributed by atoms with E-state index in [1.165, 1.54) is 0 Å². The molecule has 8 nitrogen and oxygen atoms in total. The van der Waals surface area contributed by atoms with E-state index in [1.807, 2.05) is 0 Å². The smallest absolute Gasteiger partial charge is 0.356 e. The topological polar surface area (TPSA) is 132 Å². The molecule has 0 aromatic rings. The van der Waals surface area contributed by atoms with Crippen LogP contribution in [-0.4, -0.2) is 10.2 Å². The van der Waals surface area contributed by atoms with Gasteiger partial charge in [-0.3, -0.25) is 0 Å². The third kappa shape index (κ3) is 1060. The summed E-state index contributed by atoms with van der Waals surface area (Å²) in [5.74, 6) is 0. The maximum Gasteiger partial charge on any atom is 3.00 e. The molecule has 0 heterocycles. The Kier molecular flexibility index (Phi) is 36.7. The van der Waals surface area contributed by atoms with Gasteiger partial charge in [-0.05, 0) is 0 Å². The van der Waals surface area contributed by atoms with E-state index in [4.69, 9.17) is 30.6 Å². The minimum atomic E-state index is -1.75. The third-order valence-electron chi connectivity index (χ3n) is 0. The number of hydrogen-bond acceptors (Lipinski definition) is 6. The van der Waals surface area contributed by atoms with Crippen molar-refractivity contribution in [1.29, 1.82) is 0 Å². The molecule has 0 saturated heterocycles. The molecule has 0 unspecified atom stereocenters. The van der Waals surface area contributed by atoms with Crippen molar-refractivity contribution in [3.05, 3.63) is 30.6 Å². The van der Waals surface area contributed by atoms with Crippen molar-refractivity contribution in [3.8, 4) is 0 Å². The molecule has 48 valence electrons. The SMILES string of the molecule is O=[N+]([O-])[O-].O=[N+]([O-])[O-].[La+3].[Y+3]. The van der Waals surface area contributed by atoms with E-state index in [-0.39, 0.29) is 68.3 Å². The zero-order chi connectivity index (χ0) is 7.15. The Balaban J connectivity index is -0.0000000300. The first-order chi connectivity index (χ1) is 3.46. The van der Waals surface area contributed by atoms with Crippen molar-refractivity contribution in [3.63, 3.8) is 0 Å². The Labute approximate surface area is 108 Å². The Bertz CT molecular complexity index is 73.7. The van der Waals surface area contributed by atoms with Gasteiger partial charge in [-0.25, -0.2) is 0 Å². The van der Waals surface area contributed by atoms with Crippen LogP contribution in [0.3, 0.4) is 0 Å². The van der Waals surface area contributed by atoms with Crippen molar-refractivity contribution >= 4 is 0 Å². The molecule has 0 aliphatic heterocycles. The maximum absolute atomic E-state index is 8.25. The molecule has 0 bridgehead atoms. The average Bonchev–Trinajstić information content (AvgIpc) is 1.25. The van der Waals surface area contributed by atoms with Gasteiger partial charge in [-0.2, -0.15) is 0 Å². The molecule has 10 heavy (non-hydrogen) atoms. The van der Waals surface area contributed by atoms with Crippen LogP contribution in [0, 0.1) is 66.2 Å². The Morgan fingerprint density at radius 3 is 0.800 bits per heavy atom. The molecule has 0 amide bonds. The van der Waals surface area contributed by atoms with Crippen LogP contribution >= 0.6 is 0 Å². The molecular formula is LaN2O6Y+4. The van der Waals surface area contributed by atoms with E-state index >= 15 is 0 Å². The molecular weight excluding hydrogens is 352 g/mol. The second-order valence-electron chi connectivity index (χ2n) is 0.447.